The number of pyridine rings is 1. The Bertz CT molecular complexity index is 1110. The topological polar surface area (TPSA) is 98.0 Å². The van der Waals surface area contributed by atoms with Gasteiger partial charge < -0.3 is 5.11 Å². The Labute approximate surface area is 193 Å². The molecule has 1 aliphatic rings. The van der Waals surface area contributed by atoms with Crippen molar-refractivity contribution in [2.75, 3.05) is 0 Å². The number of aryl methyl sites for hydroxylation is 1. The molecule has 7 heteroatoms. The molecule has 0 atom stereocenters. The Balaban J connectivity index is 1.51. The Hall–Kier alpha value is -3.35. The van der Waals surface area contributed by atoms with Gasteiger partial charge in [0, 0.05) is 24.6 Å². The van der Waals surface area contributed by atoms with E-state index < -0.39 is 5.97 Å². The number of aromatic nitrogens is 4. The monoisotopic (exact) mass is 446 g/mol. The van der Waals surface area contributed by atoms with E-state index in [0.717, 1.165) is 37.1 Å². The van der Waals surface area contributed by atoms with Crippen LogP contribution in [0.25, 0.3) is 11.3 Å². The fraction of sp³-hybridized carbons (Fsp3) is 0.423. The van der Waals surface area contributed by atoms with Crippen LogP contribution in [0, 0.1) is 5.92 Å². The minimum absolute atomic E-state index is 0.0387. The van der Waals surface area contributed by atoms with Crippen LogP contribution in [-0.2, 0) is 13.0 Å². The molecule has 1 saturated carbocycles. The second-order valence-electron chi connectivity index (χ2n) is 8.79. The highest BCUT2D eigenvalue weighted by Crippen LogP contribution is 2.27. The third-order valence-corrected chi connectivity index (χ3v) is 6.26. The van der Waals surface area contributed by atoms with Gasteiger partial charge in [-0.3, -0.25) is 9.78 Å². The number of carbonyl (C=O) groups is 2. The third-order valence-electron chi connectivity index (χ3n) is 6.26. The van der Waals surface area contributed by atoms with Crippen molar-refractivity contribution in [1.29, 1.82) is 0 Å². The van der Waals surface area contributed by atoms with Gasteiger partial charge in [-0.15, -0.1) is 5.10 Å². The van der Waals surface area contributed by atoms with Crippen LogP contribution in [0.3, 0.4) is 0 Å². The van der Waals surface area contributed by atoms with Gasteiger partial charge in [0.25, 0.3) is 0 Å². The molecular weight excluding hydrogens is 416 g/mol. The maximum atomic E-state index is 12.8. The van der Waals surface area contributed by atoms with Gasteiger partial charge >= 0.3 is 5.97 Å². The molecule has 1 N–H and O–H groups in total. The maximum Gasteiger partial charge on any atom is 0.336 e. The van der Waals surface area contributed by atoms with Crippen molar-refractivity contribution in [3.8, 4) is 11.3 Å². The minimum Gasteiger partial charge on any atom is -0.478 e. The van der Waals surface area contributed by atoms with Gasteiger partial charge in [0.05, 0.1) is 17.8 Å². The highest BCUT2D eigenvalue weighted by atomic mass is 16.4. The largest absolute Gasteiger partial charge is 0.478 e. The number of hydrogen-bond donors (Lipinski definition) is 1. The summed E-state index contributed by atoms with van der Waals surface area (Å²) >= 11 is 0. The number of ketones is 1. The molecule has 1 fully saturated rings. The van der Waals surface area contributed by atoms with Crippen molar-refractivity contribution in [3.05, 3.63) is 65.4 Å². The van der Waals surface area contributed by atoms with Crippen LogP contribution in [0.2, 0.25) is 0 Å². The Morgan fingerprint density at radius 3 is 2.58 bits per heavy atom. The molecule has 0 spiro atoms. The van der Waals surface area contributed by atoms with Crippen LogP contribution in [0.15, 0.2) is 42.6 Å². The van der Waals surface area contributed by atoms with Gasteiger partial charge in [-0.05, 0) is 30.0 Å². The fourth-order valence-electron chi connectivity index (χ4n) is 4.52. The summed E-state index contributed by atoms with van der Waals surface area (Å²) in [5, 5.41) is 14.0. The van der Waals surface area contributed by atoms with Gasteiger partial charge in [-0.2, -0.15) is 0 Å². The van der Waals surface area contributed by atoms with E-state index in [1.807, 2.05) is 12.1 Å². The summed E-state index contributed by atoms with van der Waals surface area (Å²) in [6.45, 7) is 2.55. The number of carboxylic acids is 1. The van der Waals surface area contributed by atoms with E-state index in [1.165, 1.54) is 19.3 Å². The molecule has 7 nitrogen and oxygen atoms in total. The quantitative estimate of drug-likeness (QED) is 0.454. The summed E-state index contributed by atoms with van der Waals surface area (Å²) in [5.74, 6) is 0.650. The summed E-state index contributed by atoms with van der Waals surface area (Å²) in [4.78, 5) is 33.4. The van der Waals surface area contributed by atoms with Crippen molar-refractivity contribution in [2.45, 2.75) is 64.8 Å². The van der Waals surface area contributed by atoms with Gasteiger partial charge in [0.1, 0.15) is 5.82 Å². The van der Waals surface area contributed by atoms with E-state index >= 15 is 0 Å². The van der Waals surface area contributed by atoms with E-state index in [0.29, 0.717) is 36.0 Å². The number of nitrogens with zero attached hydrogens (tertiary/aromatic N) is 4. The Morgan fingerprint density at radius 2 is 1.88 bits per heavy atom. The van der Waals surface area contributed by atoms with Crippen molar-refractivity contribution in [1.82, 2.24) is 19.7 Å². The highest BCUT2D eigenvalue weighted by Gasteiger charge is 2.22. The lowest BCUT2D eigenvalue weighted by Crippen LogP contribution is -2.13. The number of benzene rings is 1. The zero-order valence-corrected chi connectivity index (χ0v) is 19.0. The zero-order valence-electron chi connectivity index (χ0n) is 19.0. The standard InChI is InChI=1S/C26H30N4O3/c1-2-8-24-28-25(23(31)15-18-9-4-3-5-10-18)29-30(24)17-19-13-14-22(27-16-19)20-11-6-7-12-21(20)26(32)33/h6-7,11-14,16,18H,2-5,8-10,15,17H2,1H3,(H,32,33). The Morgan fingerprint density at radius 1 is 1.09 bits per heavy atom. The zero-order chi connectivity index (χ0) is 23.2. The number of carboxylic acid groups (broad SMARTS) is 1. The molecule has 2 aromatic heterocycles. The molecular formula is C26H30N4O3. The first-order valence-corrected chi connectivity index (χ1v) is 11.8. The molecule has 3 aromatic rings. The summed E-state index contributed by atoms with van der Waals surface area (Å²) in [6, 6.07) is 10.6. The summed E-state index contributed by atoms with van der Waals surface area (Å²) in [6.07, 6.45) is 9.87. The average Bonchev–Trinajstić information content (AvgIpc) is 3.23. The normalized spacial score (nSPS) is 14.3. The first-order chi connectivity index (χ1) is 16.0. The van der Waals surface area contributed by atoms with Crippen LogP contribution in [-0.4, -0.2) is 36.6 Å². The van der Waals surface area contributed by atoms with Crippen molar-refractivity contribution >= 4 is 11.8 Å². The lowest BCUT2D eigenvalue weighted by atomic mass is 9.86. The van der Waals surface area contributed by atoms with Crippen LogP contribution in [0.5, 0.6) is 0 Å². The van der Waals surface area contributed by atoms with Crippen LogP contribution >= 0.6 is 0 Å². The molecule has 0 unspecified atom stereocenters. The summed E-state index contributed by atoms with van der Waals surface area (Å²) in [5.41, 5.74) is 2.33. The van der Waals surface area contributed by atoms with Crippen molar-refractivity contribution in [2.24, 2.45) is 5.92 Å². The molecule has 4 rings (SSSR count). The predicted octanol–water partition coefficient (Wildman–Crippen LogP) is 5.19. The summed E-state index contributed by atoms with van der Waals surface area (Å²) < 4.78 is 1.81. The molecule has 0 aliphatic heterocycles. The molecule has 0 saturated heterocycles. The average molecular weight is 447 g/mol. The number of hydrogen-bond acceptors (Lipinski definition) is 5. The molecule has 172 valence electrons. The first kappa shape index (κ1) is 22.8. The second kappa shape index (κ2) is 10.5. The summed E-state index contributed by atoms with van der Waals surface area (Å²) in [7, 11) is 0. The van der Waals surface area contributed by atoms with E-state index in [2.05, 4.69) is 22.0 Å². The molecule has 33 heavy (non-hydrogen) atoms. The highest BCUT2D eigenvalue weighted by molar-refractivity contribution is 5.95. The number of carbonyl (C=O) groups excluding carboxylic acids is 1. The molecule has 1 aliphatic carbocycles. The molecule has 0 radical (unpaired) electrons. The SMILES string of the molecule is CCCc1nc(C(=O)CC2CCCCC2)nn1Cc1ccc(-c2ccccc2C(=O)O)nc1. The number of aromatic carboxylic acids is 1. The molecule has 0 bridgehead atoms. The lowest BCUT2D eigenvalue weighted by Gasteiger charge is -2.19. The van der Waals surface area contributed by atoms with Crippen LogP contribution in [0.4, 0.5) is 0 Å². The predicted molar refractivity (Wildman–Crippen MR) is 125 cm³/mol. The smallest absolute Gasteiger partial charge is 0.336 e. The maximum absolute atomic E-state index is 12.8. The third kappa shape index (κ3) is 5.53. The van der Waals surface area contributed by atoms with Crippen molar-refractivity contribution in [3.63, 3.8) is 0 Å². The fourth-order valence-corrected chi connectivity index (χ4v) is 4.52. The lowest BCUT2D eigenvalue weighted by molar-refractivity contribution is 0.0697. The van der Waals surface area contributed by atoms with Crippen LogP contribution < -0.4 is 0 Å². The van der Waals surface area contributed by atoms with E-state index in [-0.39, 0.29) is 11.3 Å². The first-order valence-electron chi connectivity index (χ1n) is 11.8. The van der Waals surface area contributed by atoms with Gasteiger partial charge in [-0.25, -0.2) is 14.5 Å². The number of rotatable bonds is 9. The van der Waals surface area contributed by atoms with Gasteiger partial charge in [0.2, 0.25) is 11.6 Å². The molecule has 1 aromatic carbocycles. The van der Waals surface area contributed by atoms with E-state index in [4.69, 9.17) is 0 Å². The molecule has 2 heterocycles. The van der Waals surface area contributed by atoms with E-state index in [1.54, 1.807) is 35.1 Å². The van der Waals surface area contributed by atoms with Gasteiger partial charge in [0.15, 0.2) is 0 Å². The molecule has 0 amide bonds. The van der Waals surface area contributed by atoms with Crippen LogP contribution in [0.1, 0.15) is 84.2 Å². The van der Waals surface area contributed by atoms with Gasteiger partial charge in [-0.1, -0.05) is 63.3 Å². The minimum atomic E-state index is -0.978. The second-order valence-corrected chi connectivity index (χ2v) is 8.79. The van der Waals surface area contributed by atoms with E-state index in [9.17, 15) is 14.7 Å². The number of Topliss-reactive ketones (excluding diaryl/α,β-unsaturated/α-hetero) is 1. The Kier molecular flexibility index (Phi) is 7.27. The van der Waals surface area contributed by atoms with Crippen molar-refractivity contribution < 1.29 is 14.7 Å².